The van der Waals surface area contributed by atoms with Crippen molar-refractivity contribution in [3.8, 4) is 0 Å². The van der Waals surface area contributed by atoms with Crippen LogP contribution in [0.15, 0.2) is 36.4 Å². The molecule has 0 radical (unpaired) electrons. The van der Waals surface area contributed by atoms with Crippen molar-refractivity contribution in [2.45, 2.75) is 38.1 Å². The van der Waals surface area contributed by atoms with E-state index in [1.165, 1.54) is 17.0 Å². The highest BCUT2D eigenvalue weighted by molar-refractivity contribution is 5.20. The van der Waals surface area contributed by atoms with Gasteiger partial charge in [-0.2, -0.15) is 5.10 Å². The lowest BCUT2D eigenvalue weighted by Crippen LogP contribution is -2.38. The van der Waals surface area contributed by atoms with Crippen LogP contribution in [0.4, 0.5) is 0 Å². The molecule has 6 heteroatoms. The molecule has 1 aromatic heterocycles. The van der Waals surface area contributed by atoms with E-state index in [9.17, 15) is 0 Å². The monoisotopic (exact) mass is 326 g/mol. The molecule has 2 aromatic rings. The minimum atomic E-state index is 0.399. The summed E-state index contributed by atoms with van der Waals surface area (Å²) in [4.78, 5) is 2.36. The lowest BCUT2D eigenvalue weighted by atomic mass is 10.0. The maximum Gasteiger partial charge on any atom is 0.0768 e. The number of rotatable bonds is 5. The van der Waals surface area contributed by atoms with Gasteiger partial charge in [0.2, 0.25) is 0 Å². The maximum absolute atomic E-state index is 4.73. The molecule has 1 saturated heterocycles. The SMILES string of the molecule is CN(Cc1cc2n(n1)CCNC2)CC1CC(c2ccccc2)NN1. The van der Waals surface area contributed by atoms with Gasteiger partial charge in [0.05, 0.1) is 17.9 Å². The molecule has 2 unspecified atom stereocenters. The van der Waals surface area contributed by atoms with Gasteiger partial charge in [-0.3, -0.25) is 15.0 Å². The van der Waals surface area contributed by atoms with Gasteiger partial charge in [-0.25, -0.2) is 5.43 Å². The fraction of sp³-hybridized carbons (Fsp3) is 0.500. The van der Waals surface area contributed by atoms with Crippen molar-refractivity contribution in [2.75, 3.05) is 20.1 Å². The first-order valence-corrected chi connectivity index (χ1v) is 8.79. The standard InChI is InChI=1S/C18H26N6/c1-23(13-16-9-17-11-19-7-8-24(17)22-16)12-15-10-18(21-20-15)14-5-3-2-4-6-14/h2-6,9,15,18-21H,7-8,10-13H2,1H3. The van der Waals surface area contributed by atoms with Crippen molar-refractivity contribution in [3.05, 3.63) is 53.3 Å². The third-order valence-electron chi connectivity index (χ3n) is 4.87. The van der Waals surface area contributed by atoms with E-state index in [0.29, 0.717) is 12.1 Å². The van der Waals surface area contributed by atoms with Crippen molar-refractivity contribution in [1.82, 2.24) is 30.8 Å². The van der Waals surface area contributed by atoms with Gasteiger partial charge < -0.3 is 5.32 Å². The molecule has 0 aliphatic carbocycles. The third-order valence-corrected chi connectivity index (χ3v) is 4.87. The number of nitrogens with zero attached hydrogens (tertiary/aromatic N) is 3. The zero-order valence-corrected chi connectivity index (χ0v) is 14.2. The molecule has 24 heavy (non-hydrogen) atoms. The fourth-order valence-electron chi connectivity index (χ4n) is 3.69. The van der Waals surface area contributed by atoms with Gasteiger partial charge in [0.15, 0.2) is 0 Å². The number of hydrazine groups is 1. The zero-order valence-electron chi connectivity index (χ0n) is 14.2. The molecular weight excluding hydrogens is 300 g/mol. The summed E-state index contributed by atoms with van der Waals surface area (Å²) in [5.41, 5.74) is 10.7. The average Bonchev–Trinajstić information content (AvgIpc) is 3.21. The minimum Gasteiger partial charge on any atom is -0.309 e. The van der Waals surface area contributed by atoms with Gasteiger partial charge in [-0.05, 0) is 25.1 Å². The zero-order chi connectivity index (χ0) is 16.4. The summed E-state index contributed by atoms with van der Waals surface area (Å²) in [6, 6.07) is 13.7. The Morgan fingerprint density at radius 1 is 1.25 bits per heavy atom. The van der Waals surface area contributed by atoms with Gasteiger partial charge in [0, 0.05) is 38.3 Å². The molecule has 0 saturated carbocycles. The van der Waals surface area contributed by atoms with Gasteiger partial charge in [-0.15, -0.1) is 0 Å². The first-order valence-electron chi connectivity index (χ1n) is 8.79. The van der Waals surface area contributed by atoms with Crippen LogP contribution in [-0.4, -0.2) is 40.9 Å². The number of fused-ring (bicyclic) bond motifs is 1. The highest BCUT2D eigenvalue weighted by atomic mass is 15.4. The average molecular weight is 326 g/mol. The smallest absolute Gasteiger partial charge is 0.0768 e. The highest BCUT2D eigenvalue weighted by Crippen LogP contribution is 2.22. The van der Waals surface area contributed by atoms with Crippen LogP contribution in [0.2, 0.25) is 0 Å². The topological polar surface area (TPSA) is 57.2 Å². The number of hydrogen-bond donors (Lipinski definition) is 3. The van der Waals surface area contributed by atoms with Crippen molar-refractivity contribution < 1.29 is 0 Å². The molecule has 2 aliphatic rings. The second-order valence-electron chi connectivity index (χ2n) is 6.91. The van der Waals surface area contributed by atoms with Gasteiger partial charge in [0.25, 0.3) is 0 Å². The second-order valence-corrected chi connectivity index (χ2v) is 6.91. The second kappa shape index (κ2) is 7.03. The van der Waals surface area contributed by atoms with Gasteiger partial charge >= 0.3 is 0 Å². The predicted molar refractivity (Wildman–Crippen MR) is 94.1 cm³/mol. The molecule has 1 fully saturated rings. The van der Waals surface area contributed by atoms with E-state index >= 15 is 0 Å². The lowest BCUT2D eigenvalue weighted by molar-refractivity contribution is 0.285. The van der Waals surface area contributed by atoms with Crippen molar-refractivity contribution in [1.29, 1.82) is 0 Å². The molecule has 0 amide bonds. The van der Waals surface area contributed by atoms with Crippen LogP contribution in [-0.2, 0) is 19.6 Å². The van der Waals surface area contributed by atoms with E-state index in [1.807, 2.05) is 0 Å². The molecule has 3 heterocycles. The van der Waals surface area contributed by atoms with E-state index in [4.69, 9.17) is 5.10 Å². The summed E-state index contributed by atoms with van der Waals surface area (Å²) in [5.74, 6) is 0. The van der Waals surface area contributed by atoms with Crippen LogP contribution in [0.25, 0.3) is 0 Å². The Kier molecular flexibility index (Phi) is 4.62. The Hall–Kier alpha value is -1.73. The highest BCUT2D eigenvalue weighted by Gasteiger charge is 2.25. The first-order chi connectivity index (χ1) is 11.8. The molecule has 0 bridgehead atoms. The number of hydrogen-bond acceptors (Lipinski definition) is 5. The quantitative estimate of drug-likeness (QED) is 0.766. The Labute approximate surface area is 143 Å². The normalized spacial score (nSPS) is 23.6. The largest absolute Gasteiger partial charge is 0.309 e. The summed E-state index contributed by atoms with van der Waals surface area (Å²) in [7, 11) is 2.17. The van der Waals surface area contributed by atoms with Crippen LogP contribution >= 0.6 is 0 Å². The number of likely N-dealkylation sites (N-methyl/N-ethyl adjacent to an activating group) is 1. The molecule has 6 nitrogen and oxygen atoms in total. The van der Waals surface area contributed by atoms with E-state index in [2.05, 4.69) is 69.2 Å². The van der Waals surface area contributed by atoms with Crippen LogP contribution < -0.4 is 16.2 Å². The molecule has 2 atom stereocenters. The number of benzene rings is 1. The van der Waals surface area contributed by atoms with E-state index in [0.717, 1.165) is 39.1 Å². The Morgan fingerprint density at radius 3 is 2.96 bits per heavy atom. The molecule has 128 valence electrons. The molecule has 0 spiro atoms. The summed E-state index contributed by atoms with van der Waals surface area (Å²) in [5, 5.41) is 8.12. The Morgan fingerprint density at radius 2 is 2.12 bits per heavy atom. The molecule has 2 aliphatic heterocycles. The van der Waals surface area contributed by atoms with E-state index in [1.54, 1.807) is 0 Å². The van der Waals surface area contributed by atoms with Crippen molar-refractivity contribution in [3.63, 3.8) is 0 Å². The van der Waals surface area contributed by atoms with E-state index in [-0.39, 0.29) is 0 Å². The van der Waals surface area contributed by atoms with Gasteiger partial charge in [0.1, 0.15) is 0 Å². The minimum absolute atomic E-state index is 0.399. The number of aromatic nitrogens is 2. The summed E-state index contributed by atoms with van der Waals surface area (Å²) >= 11 is 0. The third kappa shape index (κ3) is 3.52. The lowest BCUT2D eigenvalue weighted by Gasteiger charge is -2.19. The summed E-state index contributed by atoms with van der Waals surface area (Å²) in [6.07, 6.45) is 1.11. The maximum atomic E-state index is 4.73. The molecule has 4 rings (SSSR count). The van der Waals surface area contributed by atoms with Gasteiger partial charge in [-0.1, -0.05) is 30.3 Å². The predicted octanol–water partition coefficient (Wildman–Crippen LogP) is 1.03. The van der Waals surface area contributed by atoms with Crippen LogP contribution in [0.3, 0.4) is 0 Å². The van der Waals surface area contributed by atoms with Crippen LogP contribution in [0.5, 0.6) is 0 Å². The first kappa shape index (κ1) is 15.8. The van der Waals surface area contributed by atoms with Crippen LogP contribution in [0.1, 0.15) is 29.4 Å². The summed E-state index contributed by atoms with van der Waals surface area (Å²) < 4.78 is 2.14. The number of nitrogens with one attached hydrogen (secondary N) is 3. The Balaban J connectivity index is 1.30. The van der Waals surface area contributed by atoms with Crippen molar-refractivity contribution in [2.24, 2.45) is 0 Å². The van der Waals surface area contributed by atoms with Crippen LogP contribution in [0, 0.1) is 0 Å². The fourth-order valence-corrected chi connectivity index (χ4v) is 3.69. The Bertz CT molecular complexity index is 644. The summed E-state index contributed by atoms with van der Waals surface area (Å²) in [6.45, 7) is 4.84. The molecule has 1 aromatic carbocycles. The van der Waals surface area contributed by atoms with Crippen molar-refractivity contribution >= 4 is 0 Å². The molecular formula is C18H26N6. The molecule has 3 N–H and O–H groups in total. The van der Waals surface area contributed by atoms with E-state index < -0.39 is 0 Å².